The van der Waals surface area contributed by atoms with Crippen LogP contribution in [0.25, 0.3) is 0 Å². The quantitative estimate of drug-likeness (QED) is 0.874. The van der Waals surface area contributed by atoms with Gasteiger partial charge in [-0.3, -0.25) is 0 Å². The van der Waals surface area contributed by atoms with E-state index in [1.807, 2.05) is 12.1 Å². The van der Waals surface area contributed by atoms with Crippen LogP contribution in [-0.4, -0.2) is 25.2 Å². The molecule has 112 valence electrons. The summed E-state index contributed by atoms with van der Waals surface area (Å²) >= 11 is 12.3. The second-order valence-electron chi connectivity index (χ2n) is 5.99. The molecule has 0 aromatic heterocycles. The van der Waals surface area contributed by atoms with E-state index in [-0.39, 0.29) is 0 Å². The van der Waals surface area contributed by atoms with Gasteiger partial charge in [0.2, 0.25) is 0 Å². The van der Waals surface area contributed by atoms with Gasteiger partial charge in [0.1, 0.15) is 0 Å². The van der Waals surface area contributed by atoms with Crippen molar-refractivity contribution < 1.29 is 0 Å². The fourth-order valence-corrected chi connectivity index (χ4v) is 3.49. The molecule has 1 fully saturated rings. The first-order valence-corrected chi connectivity index (χ1v) is 8.23. The van der Waals surface area contributed by atoms with Crippen LogP contribution in [0.3, 0.4) is 0 Å². The summed E-state index contributed by atoms with van der Waals surface area (Å²) in [5.74, 6) is 0.586. The van der Waals surface area contributed by atoms with E-state index in [0.29, 0.717) is 28.0 Å². The van der Waals surface area contributed by atoms with Crippen LogP contribution in [0.5, 0.6) is 0 Å². The van der Waals surface area contributed by atoms with Crippen LogP contribution in [0.15, 0.2) is 18.2 Å². The molecule has 4 heteroatoms. The van der Waals surface area contributed by atoms with Gasteiger partial charge in [0.25, 0.3) is 0 Å². The molecule has 2 unspecified atom stereocenters. The van der Waals surface area contributed by atoms with E-state index in [1.54, 1.807) is 6.07 Å². The SMILES string of the molecule is CCCC1CN(c2cc(Cl)cc(Cl)c2)C(C(C)C)CN1. The van der Waals surface area contributed by atoms with Crippen molar-refractivity contribution in [3.05, 3.63) is 28.2 Å². The number of hydrogen-bond acceptors (Lipinski definition) is 2. The van der Waals surface area contributed by atoms with Crippen molar-refractivity contribution in [1.29, 1.82) is 0 Å². The zero-order valence-corrected chi connectivity index (χ0v) is 14.0. The molecule has 0 aliphatic carbocycles. The summed E-state index contributed by atoms with van der Waals surface area (Å²) in [7, 11) is 0. The minimum Gasteiger partial charge on any atom is -0.365 e. The molecular formula is C16H24Cl2N2. The Morgan fingerprint density at radius 2 is 1.90 bits per heavy atom. The molecule has 0 saturated carbocycles. The summed E-state index contributed by atoms with van der Waals surface area (Å²) in [5, 5.41) is 5.09. The lowest BCUT2D eigenvalue weighted by molar-refractivity contribution is 0.327. The van der Waals surface area contributed by atoms with Gasteiger partial charge in [0.15, 0.2) is 0 Å². The highest BCUT2D eigenvalue weighted by molar-refractivity contribution is 6.35. The molecule has 1 aliphatic rings. The molecule has 20 heavy (non-hydrogen) atoms. The predicted octanol–water partition coefficient (Wildman–Crippen LogP) is 4.60. The van der Waals surface area contributed by atoms with Gasteiger partial charge in [-0.15, -0.1) is 0 Å². The summed E-state index contributed by atoms with van der Waals surface area (Å²) in [4.78, 5) is 2.47. The van der Waals surface area contributed by atoms with Gasteiger partial charge in [-0.25, -0.2) is 0 Å². The molecule has 1 saturated heterocycles. The maximum atomic E-state index is 6.17. The zero-order chi connectivity index (χ0) is 14.7. The Labute approximate surface area is 132 Å². The first-order chi connectivity index (χ1) is 9.51. The lowest BCUT2D eigenvalue weighted by Gasteiger charge is -2.44. The minimum atomic E-state index is 0.484. The summed E-state index contributed by atoms with van der Waals surface area (Å²) < 4.78 is 0. The third-order valence-electron chi connectivity index (χ3n) is 4.02. The molecule has 2 nitrogen and oxygen atoms in total. The number of rotatable bonds is 4. The molecule has 1 aliphatic heterocycles. The molecule has 1 N–H and O–H groups in total. The highest BCUT2D eigenvalue weighted by Gasteiger charge is 2.29. The lowest BCUT2D eigenvalue weighted by atomic mass is 9.96. The predicted molar refractivity (Wildman–Crippen MR) is 89.1 cm³/mol. The highest BCUT2D eigenvalue weighted by atomic mass is 35.5. The smallest absolute Gasteiger partial charge is 0.0441 e. The molecule has 0 radical (unpaired) electrons. The first-order valence-electron chi connectivity index (χ1n) is 7.47. The molecule has 1 aromatic rings. The fraction of sp³-hybridized carbons (Fsp3) is 0.625. The monoisotopic (exact) mass is 314 g/mol. The highest BCUT2D eigenvalue weighted by Crippen LogP contribution is 2.30. The van der Waals surface area contributed by atoms with E-state index < -0.39 is 0 Å². The number of piperazine rings is 1. The van der Waals surface area contributed by atoms with E-state index in [0.717, 1.165) is 18.8 Å². The van der Waals surface area contributed by atoms with Crippen molar-refractivity contribution in [2.75, 3.05) is 18.0 Å². The summed E-state index contributed by atoms with van der Waals surface area (Å²) in [6.45, 7) is 8.81. The van der Waals surface area contributed by atoms with Crippen molar-refractivity contribution in [1.82, 2.24) is 5.32 Å². The summed E-state index contributed by atoms with van der Waals surface area (Å²) in [6.07, 6.45) is 2.41. The lowest BCUT2D eigenvalue weighted by Crippen LogP contribution is -2.58. The van der Waals surface area contributed by atoms with E-state index in [1.165, 1.54) is 12.8 Å². The van der Waals surface area contributed by atoms with E-state index in [2.05, 4.69) is 31.0 Å². The Balaban J connectivity index is 2.26. The van der Waals surface area contributed by atoms with Crippen molar-refractivity contribution in [3.63, 3.8) is 0 Å². The molecule has 2 rings (SSSR count). The van der Waals surface area contributed by atoms with Gasteiger partial charge in [-0.1, -0.05) is 50.4 Å². The van der Waals surface area contributed by atoms with Crippen LogP contribution >= 0.6 is 23.2 Å². The van der Waals surface area contributed by atoms with Crippen LogP contribution in [0.2, 0.25) is 10.0 Å². The zero-order valence-electron chi connectivity index (χ0n) is 12.5. The van der Waals surface area contributed by atoms with Crippen LogP contribution in [0.1, 0.15) is 33.6 Å². The number of nitrogens with zero attached hydrogens (tertiary/aromatic N) is 1. The van der Waals surface area contributed by atoms with Gasteiger partial charge >= 0.3 is 0 Å². The number of anilines is 1. The molecule has 1 aromatic carbocycles. The number of benzene rings is 1. The normalized spacial score (nSPS) is 23.4. The maximum absolute atomic E-state index is 6.17. The molecule has 0 amide bonds. The topological polar surface area (TPSA) is 15.3 Å². The average molecular weight is 315 g/mol. The summed E-state index contributed by atoms with van der Waals surface area (Å²) in [5.41, 5.74) is 1.14. The van der Waals surface area contributed by atoms with Crippen molar-refractivity contribution in [2.45, 2.75) is 45.7 Å². The Morgan fingerprint density at radius 1 is 1.25 bits per heavy atom. The molecule has 0 bridgehead atoms. The minimum absolute atomic E-state index is 0.484. The molecule has 0 spiro atoms. The van der Waals surface area contributed by atoms with Crippen molar-refractivity contribution in [2.24, 2.45) is 5.92 Å². The van der Waals surface area contributed by atoms with E-state index >= 15 is 0 Å². The first kappa shape index (κ1) is 15.9. The van der Waals surface area contributed by atoms with Crippen molar-refractivity contribution >= 4 is 28.9 Å². The van der Waals surface area contributed by atoms with Gasteiger partial charge < -0.3 is 10.2 Å². The fourth-order valence-electron chi connectivity index (χ4n) is 2.97. The third-order valence-corrected chi connectivity index (χ3v) is 4.46. The summed E-state index contributed by atoms with van der Waals surface area (Å²) in [6, 6.07) is 6.88. The second-order valence-corrected chi connectivity index (χ2v) is 6.86. The Morgan fingerprint density at radius 3 is 2.45 bits per heavy atom. The molecule has 1 heterocycles. The van der Waals surface area contributed by atoms with Gasteiger partial charge in [-0.05, 0) is 30.5 Å². The van der Waals surface area contributed by atoms with E-state index in [9.17, 15) is 0 Å². The van der Waals surface area contributed by atoms with Gasteiger partial charge in [0, 0.05) is 40.9 Å². The van der Waals surface area contributed by atoms with Crippen LogP contribution in [0, 0.1) is 5.92 Å². The van der Waals surface area contributed by atoms with Gasteiger partial charge in [-0.2, -0.15) is 0 Å². The number of halogens is 2. The van der Waals surface area contributed by atoms with E-state index in [4.69, 9.17) is 23.2 Å². The van der Waals surface area contributed by atoms with Crippen LogP contribution < -0.4 is 10.2 Å². The Hall–Kier alpha value is -0.440. The molecular weight excluding hydrogens is 291 g/mol. The number of hydrogen-bond donors (Lipinski definition) is 1. The van der Waals surface area contributed by atoms with Crippen LogP contribution in [-0.2, 0) is 0 Å². The Bertz CT molecular complexity index is 428. The van der Waals surface area contributed by atoms with Gasteiger partial charge in [0.05, 0.1) is 0 Å². The van der Waals surface area contributed by atoms with Crippen LogP contribution in [0.4, 0.5) is 5.69 Å². The maximum Gasteiger partial charge on any atom is 0.0441 e. The third kappa shape index (κ3) is 3.81. The standard InChI is InChI=1S/C16H24Cl2N2/c1-4-5-14-10-20(16(9-19-14)11(2)3)15-7-12(17)6-13(18)8-15/h6-8,11,14,16,19H,4-5,9-10H2,1-3H3. The van der Waals surface area contributed by atoms with Crippen molar-refractivity contribution in [3.8, 4) is 0 Å². The second kappa shape index (κ2) is 7.02. The average Bonchev–Trinajstić information content (AvgIpc) is 2.37. The molecule has 2 atom stereocenters. The largest absolute Gasteiger partial charge is 0.365 e. The Kier molecular flexibility index (Phi) is 5.59. The number of nitrogens with one attached hydrogen (secondary N) is 1.